The Kier molecular flexibility index (Phi) is 3.89. The molecular formula is C13H16ClNO2. The molecule has 3 nitrogen and oxygen atoms in total. The highest BCUT2D eigenvalue weighted by atomic mass is 35.5. The number of phenolic OH excluding ortho intramolecular Hbond substituents is 1. The molecule has 0 bridgehead atoms. The number of piperidine rings is 1. The smallest absolute Gasteiger partial charge is 0.237 e. The van der Waals surface area contributed by atoms with Crippen LogP contribution in [-0.4, -0.2) is 34.9 Å². The van der Waals surface area contributed by atoms with E-state index in [-0.39, 0.29) is 17.5 Å². The first kappa shape index (κ1) is 12.2. The zero-order valence-corrected chi connectivity index (χ0v) is 10.4. The molecule has 1 fully saturated rings. The van der Waals surface area contributed by atoms with Crippen molar-refractivity contribution in [3.8, 4) is 5.75 Å². The standard InChI is InChI=1S/C13H16ClNO2/c14-8-13(17)15-6-2-4-11(9-15)10-3-1-5-12(16)7-10/h1,3,5,7,11,16H,2,4,6,8-9H2. The van der Waals surface area contributed by atoms with Crippen LogP contribution in [0, 0.1) is 0 Å². The first-order valence-electron chi connectivity index (χ1n) is 5.83. The molecule has 1 aliphatic heterocycles. The fraction of sp³-hybridized carbons (Fsp3) is 0.462. The Hall–Kier alpha value is -1.22. The van der Waals surface area contributed by atoms with Gasteiger partial charge in [0.2, 0.25) is 5.91 Å². The second-order valence-corrected chi connectivity index (χ2v) is 4.67. The number of aromatic hydroxyl groups is 1. The molecule has 0 saturated carbocycles. The van der Waals surface area contributed by atoms with Gasteiger partial charge in [-0.05, 0) is 30.5 Å². The number of nitrogens with zero attached hydrogens (tertiary/aromatic N) is 1. The summed E-state index contributed by atoms with van der Waals surface area (Å²) in [5.41, 5.74) is 1.09. The Morgan fingerprint density at radius 1 is 1.53 bits per heavy atom. The number of hydrogen-bond acceptors (Lipinski definition) is 2. The van der Waals surface area contributed by atoms with Crippen molar-refractivity contribution < 1.29 is 9.90 Å². The number of halogens is 1. The monoisotopic (exact) mass is 253 g/mol. The van der Waals surface area contributed by atoms with Gasteiger partial charge in [-0.1, -0.05) is 12.1 Å². The van der Waals surface area contributed by atoms with E-state index in [4.69, 9.17) is 11.6 Å². The fourth-order valence-electron chi connectivity index (χ4n) is 2.34. The number of rotatable bonds is 2. The third kappa shape index (κ3) is 2.91. The topological polar surface area (TPSA) is 40.5 Å². The van der Waals surface area contributed by atoms with E-state index in [9.17, 15) is 9.90 Å². The zero-order valence-electron chi connectivity index (χ0n) is 9.60. The van der Waals surface area contributed by atoms with Gasteiger partial charge in [-0.3, -0.25) is 4.79 Å². The minimum atomic E-state index is -0.00322. The maximum absolute atomic E-state index is 11.6. The van der Waals surface area contributed by atoms with Crippen molar-refractivity contribution in [3.05, 3.63) is 29.8 Å². The molecule has 1 heterocycles. The van der Waals surface area contributed by atoms with Gasteiger partial charge in [-0.2, -0.15) is 0 Å². The first-order valence-corrected chi connectivity index (χ1v) is 6.37. The number of benzene rings is 1. The molecule has 4 heteroatoms. The van der Waals surface area contributed by atoms with E-state index < -0.39 is 0 Å². The number of carbonyl (C=O) groups excluding carboxylic acids is 1. The number of phenols is 1. The van der Waals surface area contributed by atoms with Gasteiger partial charge in [0.1, 0.15) is 11.6 Å². The van der Waals surface area contributed by atoms with Crippen molar-refractivity contribution in [2.75, 3.05) is 19.0 Å². The van der Waals surface area contributed by atoms with Crippen molar-refractivity contribution in [3.63, 3.8) is 0 Å². The van der Waals surface area contributed by atoms with Crippen LogP contribution in [0.4, 0.5) is 0 Å². The second kappa shape index (κ2) is 5.41. The van der Waals surface area contributed by atoms with Gasteiger partial charge in [0.25, 0.3) is 0 Å². The van der Waals surface area contributed by atoms with Crippen molar-refractivity contribution in [2.45, 2.75) is 18.8 Å². The molecule has 0 radical (unpaired) electrons. The zero-order chi connectivity index (χ0) is 12.3. The van der Waals surface area contributed by atoms with E-state index in [1.807, 2.05) is 17.0 Å². The molecule has 0 aliphatic carbocycles. The highest BCUT2D eigenvalue weighted by Gasteiger charge is 2.24. The summed E-state index contributed by atoms with van der Waals surface area (Å²) in [6.45, 7) is 1.50. The molecule has 0 spiro atoms. The number of carbonyl (C=O) groups is 1. The van der Waals surface area contributed by atoms with Crippen molar-refractivity contribution in [2.24, 2.45) is 0 Å². The predicted molar refractivity (Wildman–Crippen MR) is 67.4 cm³/mol. The highest BCUT2D eigenvalue weighted by Crippen LogP contribution is 2.28. The largest absolute Gasteiger partial charge is 0.508 e. The molecule has 2 rings (SSSR count). The van der Waals surface area contributed by atoms with Crippen LogP contribution in [0.5, 0.6) is 5.75 Å². The molecule has 1 saturated heterocycles. The Balaban J connectivity index is 2.09. The van der Waals surface area contributed by atoms with E-state index in [1.54, 1.807) is 12.1 Å². The number of alkyl halides is 1. The van der Waals surface area contributed by atoms with Gasteiger partial charge in [0.15, 0.2) is 0 Å². The maximum atomic E-state index is 11.6. The summed E-state index contributed by atoms with van der Waals surface area (Å²) in [6.07, 6.45) is 2.04. The average Bonchev–Trinajstić information content (AvgIpc) is 2.38. The minimum absolute atomic E-state index is 0.00322. The molecule has 17 heavy (non-hydrogen) atoms. The SMILES string of the molecule is O=C(CCl)N1CCCC(c2cccc(O)c2)C1. The molecular weight excluding hydrogens is 238 g/mol. The minimum Gasteiger partial charge on any atom is -0.508 e. The molecule has 1 aliphatic rings. The van der Waals surface area contributed by atoms with E-state index in [2.05, 4.69) is 0 Å². The van der Waals surface area contributed by atoms with E-state index >= 15 is 0 Å². The lowest BCUT2D eigenvalue weighted by atomic mass is 9.90. The Labute approximate surface area is 106 Å². The lowest BCUT2D eigenvalue weighted by molar-refractivity contribution is -0.129. The number of likely N-dealkylation sites (tertiary alicyclic amines) is 1. The summed E-state index contributed by atoms with van der Waals surface area (Å²) in [5, 5.41) is 9.46. The van der Waals surface area contributed by atoms with Crippen molar-refractivity contribution in [1.82, 2.24) is 4.90 Å². The van der Waals surface area contributed by atoms with Crippen LogP contribution in [0.3, 0.4) is 0 Å². The molecule has 1 unspecified atom stereocenters. The first-order chi connectivity index (χ1) is 8.20. The Morgan fingerprint density at radius 2 is 2.35 bits per heavy atom. The highest BCUT2D eigenvalue weighted by molar-refractivity contribution is 6.27. The molecule has 1 aromatic carbocycles. The van der Waals surface area contributed by atoms with Gasteiger partial charge in [0, 0.05) is 19.0 Å². The van der Waals surface area contributed by atoms with Crippen LogP contribution in [-0.2, 0) is 4.79 Å². The second-order valence-electron chi connectivity index (χ2n) is 4.41. The van der Waals surface area contributed by atoms with Gasteiger partial charge < -0.3 is 10.0 Å². The van der Waals surface area contributed by atoms with Crippen LogP contribution in [0.1, 0.15) is 24.3 Å². The van der Waals surface area contributed by atoms with E-state index in [0.717, 1.165) is 24.9 Å². The van der Waals surface area contributed by atoms with Crippen LogP contribution in [0.25, 0.3) is 0 Å². The summed E-state index contributed by atoms with van der Waals surface area (Å²) in [6, 6.07) is 7.28. The molecule has 0 aromatic heterocycles. The average molecular weight is 254 g/mol. The number of amides is 1. The fourth-order valence-corrected chi connectivity index (χ4v) is 2.51. The molecule has 1 atom stereocenters. The lowest BCUT2D eigenvalue weighted by Crippen LogP contribution is -2.39. The van der Waals surface area contributed by atoms with Gasteiger partial charge in [-0.15, -0.1) is 11.6 Å². The Morgan fingerprint density at radius 3 is 3.06 bits per heavy atom. The summed E-state index contributed by atoms with van der Waals surface area (Å²) in [4.78, 5) is 13.4. The molecule has 92 valence electrons. The van der Waals surface area contributed by atoms with Gasteiger partial charge >= 0.3 is 0 Å². The van der Waals surface area contributed by atoms with Crippen LogP contribution in [0.2, 0.25) is 0 Å². The van der Waals surface area contributed by atoms with Gasteiger partial charge in [0.05, 0.1) is 0 Å². The Bertz CT molecular complexity index is 408. The number of hydrogen-bond donors (Lipinski definition) is 1. The third-order valence-corrected chi connectivity index (χ3v) is 3.46. The molecule has 1 amide bonds. The summed E-state index contributed by atoms with van der Waals surface area (Å²) in [5.74, 6) is 0.634. The molecule has 1 aromatic rings. The quantitative estimate of drug-likeness (QED) is 0.822. The van der Waals surface area contributed by atoms with Crippen molar-refractivity contribution >= 4 is 17.5 Å². The van der Waals surface area contributed by atoms with E-state index in [1.165, 1.54) is 0 Å². The summed E-state index contributed by atoms with van der Waals surface area (Å²) >= 11 is 5.57. The molecule has 1 N–H and O–H groups in total. The van der Waals surface area contributed by atoms with Crippen molar-refractivity contribution in [1.29, 1.82) is 0 Å². The predicted octanol–water partition coefficient (Wildman–Crippen LogP) is 2.34. The van der Waals surface area contributed by atoms with Crippen LogP contribution >= 0.6 is 11.6 Å². The van der Waals surface area contributed by atoms with Gasteiger partial charge in [-0.25, -0.2) is 0 Å². The van der Waals surface area contributed by atoms with Crippen LogP contribution in [0.15, 0.2) is 24.3 Å². The normalized spacial score (nSPS) is 20.3. The van der Waals surface area contributed by atoms with Crippen LogP contribution < -0.4 is 0 Å². The lowest BCUT2D eigenvalue weighted by Gasteiger charge is -2.32. The third-order valence-electron chi connectivity index (χ3n) is 3.23. The maximum Gasteiger partial charge on any atom is 0.237 e. The summed E-state index contributed by atoms with van der Waals surface area (Å²) < 4.78 is 0. The van der Waals surface area contributed by atoms with E-state index in [0.29, 0.717) is 12.5 Å². The summed E-state index contributed by atoms with van der Waals surface area (Å²) in [7, 11) is 0.